The summed E-state index contributed by atoms with van der Waals surface area (Å²) in [5.41, 5.74) is 1.87. The first-order valence-electron chi connectivity index (χ1n) is 10.1. The molecule has 0 aromatic heterocycles. The number of ether oxygens (including phenoxy) is 2. The molecule has 3 aliphatic heterocycles. The fraction of sp³-hybridized carbons (Fsp3) is 0.636. The van der Waals surface area contributed by atoms with Gasteiger partial charge in [0.05, 0.1) is 23.9 Å². The van der Waals surface area contributed by atoms with Gasteiger partial charge in [0.15, 0.2) is 0 Å². The van der Waals surface area contributed by atoms with E-state index in [9.17, 15) is 4.79 Å². The minimum Gasteiger partial charge on any atom is -0.467 e. The minimum atomic E-state index is -1.09. The van der Waals surface area contributed by atoms with Crippen LogP contribution in [-0.4, -0.2) is 55.5 Å². The maximum absolute atomic E-state index is 13.2. The fourth-order valence-electron chi connectivity index (χ4n) is 6.94. The first-order chi connectivity index (χ1) is 13.1. The zero-order valence-electron chi connectivity index (χ0n) is 16.5. The molecule has 27 heavy (non-hydrogen) atoms. The van der Waals surface area contributed by atoms with Crippen LogP contribution in [0.25, 0.3) is 0 Å². The molecule has 1 aliphatic carbocycles. The van der Waals surface area contributed by atoms with Crippen LogP contribution in [0.5, 0.6) is 0 Å². The summed E-state index contributed by atoms with van der Waals surface area (Å²) in [4.78, 5) is 20.9. The van der Waals surface area contributed by atoms with Crippen LogP contribution in [0.1, 0.15) is 44.6 Å². The van der Waals surface area contributed by atoms with Gasteiger partial charge in [-0.2, -0.15) is 0 Å². The number of para-hydroxylation sites is 1. The molecule has 1 unspecified atom stereocenters. The molecule has 1 aromatic rings. The molecule has 3 heterocycles. The Morgan fingerprint density at radius 1 is 1.26 bits per heavy atom. The lowest BCUT2D eigenvalue weighted by Crippen LogP contribution is -2.71. The molecule has 5 rings (SSSR count). The number of carbonyl (C=O) groups excluding carboxylic acids is 1. The van der Waals surface area contributed by atoms with Crippen LogP contribution in [0.15, 0.2) is 29.3 Å². The van der Waals surface area contributed by atoms with Crippen molar-refractivity contribution >= 4 is 17.4 Å². The Morgan fingerprint density at radius 2 is 2.07 bits per heavy atom. The number of esters is 1. The summed E-state index contributed by atoms with van der Waals surface area (Å²) < 4.78 is 11.4. The number of methoxy groups -OCH3 is 2. The Labute approximate surface area is 160 Å². The van der Waals surface area contributed by atoms with Gasteiger partial charge in [0.2, 0.25) is 5.60 Å². The van der Waals surface area contributed by atoms with Crippen molar-refractivity contribution in [2.45, 2.75) is 56.1 Å². The molecule has 4 atom stereocenters. The number of benzene rings is 1. The van der Waals surface area contributed by atoms with Crippen LogP contribution in [0, 0.1) is 5.41 Å². The van der Waals surface area contributed by atoms with Gasteiger partial charge in [0.25, 0.3) is 0 Å². The quantitative estimate of drug-likeness (QED) is 0.769. The van der Waals surface area contributed by atoms with E-state index in [1.54, 1.807) is 7.11 Å². The number of hydrogen-bond donors (Lipinski definition) is 0. The Morgan fingerprint density at radius 3 is 2.81 bits per heavy atom. The second-order valence-electron chi connectivity index (χ2n) is 8.66. The van der Waals surface area contributed by atoms with E-state index in [0.29, 0.717) is 12.5 Å². The average molecular weight is 368 g/mol. The molecule has 5 nitrogen and oxygen atoms in total. The van der Waals surface area contributed by atoms with Gasteiger partial charge in [-0.3, -0.25) is 9.89 Å². The lowest BCUT2D eigenvalue weighted by molar-refractivity contribution is -0.167. The predicted octanol–water partition coefficient (Wildman–Crippen LogP) is 3.24. The minimum absolute atomic E-state index is 0.0371. The molecule has 4 aliphatic rings. The number of nitrogens with zero attached hydrogens (tertiary/aromatic N) is 2. The summed E-state index contributed by atoms with van der Waals surface area (Å²) in [6.07, 6.45) is 5.00. The molecule has 5 heteroatoms. The maximum Gasteiger partial charge on any atom is 0.344 e. The molecule has 0 N–H and O–H groups in total. The van der Waals surface area contributed by atoms with Crippen molar-refractivity contribution in [2.24, 2.45) is 10.4 Å². The molecule has 1 spiro atoms. The Kier molecular flexibility index (Phi) is 3.63. The van der Waals surface area contributed by atoms with Crippen LogP contribution < -0.4 is 0 Å². The number of piperidine rings is 1. The average Bonchev–Trinajstić information content (AvgIpc) is 3.27. The first-order valence-corrected chi connectivity index (χ1v) is 10.1. The first kappa shape index (κ1) is 17.4. The van der Waals surface area contributed by atoms with Crippen molar-refractivity contribution < 1.29 is 14.3 Å². The summed E-state index contributed by atoms with van der Waals surface area (Å²) in [6.45, 7) is 4.47. The van der Waals surface area contributed by atoms with Crippen LogP contribution in [0.4, 0.5) is 5.69 Å². The second-order valence-corrected chi connectivity index (χ2v) is 8.66. The van der Waals surface area contributed by atoms with Gasteiger partial charge in [0.1, 0.15) is 0 Å². The summed E-state index contributed by atoms with van der Waals surface area (Å²) in [6, 6.07) is 8.81. The summed E-state index contributed by atoms with van der Waals surface area (Å²) >= 11 is 0. The highest BCUT2D eigenvalue weighted by Crippen LogP contribution is 2.65. The van der Waals surface area contributed by atoms with Gasteiger partial charge in [0, 0.05) is 13.2 Å². The molecule has 0 radical (unpaired) electrons. The monoisotopic (exact) mass is 368 g/mol. The molecule has 0 amide bonds. The number of hydrogen-bond acceptors (Lipinski definition) is 5. The largest absolute Gasteiger partial charge is 0.467 e. The van der Waals surface area contributed by atoms with E-state index in [2.05, 4.69) is 30.0 Å². The maximum atomic E-state index is 13.2. The van der Waals surface area contributed by atoms with E-state index in [1.165, 1.54) is 19.1 Å². The topological polar surface area (TPSA) is 51.1 Å². The third-order valence-electron chi connectivity index (χ3n) is 7.92. The normalized spacial score (nSPS) is 39.4. The zero-order valence-corrected chi connectivity index (χ0v) is 16.5. The predicted molar refractivity (Wildman–Crippen MR) is 104 cm³/mol. The lowest BCUT2D eigenvalue weighted by Gasteiger charge is -2.60. The van der Waals surface area contributed by atoms with Crippen molar-refractivity contribution in [1.82, 2.24) is 4.90 Å². The van der Waals surface area contributed by atoms with E-state index in [0.717, 1.165) is 43.8 Å². The van der Waals surface area contributed by atoms with Gasteiger partial charge in [-0.05, 0) is 62.2 Å². The van der Waals surface area contributed by atoms with Crippen LogP contribution in [0.2, 0.25) is 0 Å². The third kappa shape index (κ3) is 1.87. The van der Waals surface area contributed by atoms with Crippen molar-refractivity contribution in [3.63, 3.8) is 0 Å². The molecule has 2 saturated heterocycles. The lowest BCUT2D eigenvalue weighted by atomic mass is 9.49. The molecular weight excluding hydrogens is 340 g/mol. The third-order valence-corrected chi connectivity index (χ3v) is 7.92. The summed E-state index contributed by atoms with van der Waals surface area (Å²) in [5.74, 6) is -0.300. The number of carbonyl (C=O) groups is 1. The summed E-state index contributed by atoms with van der Waals surface area (Å²) in [5, 5.41) is 0. The van der Waals surface area contributed by atoms with E-state index >= 15 is 0 Å². The Hall–Kier alpha value is -1.72. The molecule has 1 aromatic carbocycles. The fourth-order valence-corrected chi connectivity index (χ4v) is 6.94. The smallest absolute Gasteiger partial charge is 0.344 e. The van der Waals surface area contributed by atoms with Gasteiger partial charge in [-0.25, -0.2) is 4.79 Å². The molecule has 3 fully saturated rings. The van der Waals surface area contributed by atoms with Crippen LogP contribution in [0.3, 0.4) is 0 Å². The second kappa shape index (κ2) is 5.65. The van der Waals surface area contributed by atoms with Crippen molar-refractivity contribution in [1.29, 1.82) is 0 Å². The SMILES string of the molecule is CC[C@]12CCCN3CC[C@]4(C(=Nc5ccccc54)C(OC)(C(=O)OC)C1)[C@@H]32. The number of aliphatic imine (C=N–C) groups is 1. The van der Waals surface area contributed by atoms with Gasteiger partial charge in [-0.1, -0.05) is 25.1 Å². The van der Waals surface area contributed by atoms with Crippen molar-refractivity contribution in [3.8, 4) is 0 Å². The highest BCUT2D eigenvalue weighted by Gasteiger charge is 2.73. The van der Waals surface area contributed by atoms with Crippen LogP contribution >= 0.6 is 0 Å². The van der Waals surface area contributed by atoms with E-state index < -0.39 is 5.60 Å². The van der Waals surface area contributed by atoms with E-state index in [4.69, 9.17) is 14.5 Å². The molecule has 144 valence electrons. The molecular formula is C22H28N2O3. The number of fused-ring (bicyclic) bond motifs is 1. The van der Waals surface area contributed by atoms with Gasteiger partial charge >= 0.3 is 5.97 Å². The zero-order chi connectivity index (χ0) is 18.9. The van der Waals surface area contributed by atoms with Crippen molar-refractivity contribution in [3.05, 3.63) is 29.8 Å². The number of rotatable bonds is 3. The van der Waals surface area contributed by atoms with Gasteiger partial charge in [-0.15, -0.1) is 0 Å². The van der Waals surface area contributed by atoms with Crippen molar-refractivity contribution in [2.75, 3.05) is 27.3 Å². The van der Waals surface area contributed by atoms with E-state index in [1.807, 2.05) is 6.07 Å². The summed E-state index contributed by atoms with van der Waals surface area (Å²) in [7, 11) is 3.11. The van der Waals surface area contributed by atoms with Crippen LogP contribution in [-0.2, 0) is 19.7 Å². The molecule has 0 bridgehead atoms. The highest BCUT2D eigenvalue weighted by atomic mass is 16.6. The van der Waals surface area contributed by atoms with Gasteiger partial charge < -0.3 is 9.47 Å². The standard InChI is InChI=1S/C22H28N2O3/c1-4-20-10-7-12-24-13-11-21(18(20)24)15-8-5-6-9-16(15)23-17(21)22(14-20,27-3)19(25)26-2/h5-6,8-9,18H,4,7,10-14H2,1-3H3/t18-,20-,21-,22?/m0/s1. The highest BCUT2D eigenvalue weighted by molar-refractivity contribution is 6.19. The Balaban J connectivity index is 1.83. The Bertz CT molecular complexity index is 837. The van der Waals surface area contributed by atoms with E-state index in [-0.39, 0.29) is 16.8 Å². The molecule has 1 saturated carbocycles.